The average Bonchev–Trinajstić information content (AvgIpc) is 3.80. The third-order valence-corrected chi connectivity index (χ3v) is 11.8. The van der Waals surface area contributed by atoms with Crippen LogP contribution in [0.3, 0.4) is 0 Å². The van der Waals surface area contributed by atoms with Crippen LogP contribution in [0.5, 0.6) is 0 Å². The van der Waals surface area contributed by atoms with Gasteiger partial charge in [-0.3, -0.25) is 0 Å². The third kappa shape index (κ3) is 5.35. The second-order valence-electron chi connectivity index (χ2n) is 15.0. The maximum atomic E-state index is 6.21. The molecule has 0 amide bonds. The Morgan fingerprint density at radius 1 is 0.386 bits per heavy atom. The Hall–Kier alpha value is -7.36. The SMILES string of the molecule is CC1(c2ccccc2)c2ccccc2-c2ccc(-c3ccccc3-c3cc(-c4ccc(-c5cccc6oc7ccccc7c56)cc4)nc(-c4ccccc4)n3)cc21. The first-order valence-corrected chi connectivity index (χ1v) is 19.5. The highest BCUT2D eigenvalue weighted by molar-refractivity contribution is 6.12. The van der Waals surface area contributed by atoms with Crippen molar-refractivity contribution < 1.29 is 4.42 Å². The van der Waals surface area contributed by atoms with Gasteiger partial charge in [-0.05, 0) is 81.3 Å². The van der Waals surface area contributed by atoms with E-state index < -0.39 is 0 Å². The molecule has 1 aliphatic rings. The van der Waals surface area contributed by atoms with Gasteiger partial charge in [0.2, 0.25) is 0 Å². The summed E-state index contributed by atoms with van der Waals surface area (Å²) < 4.78 is 6.21. The molecule has 2 heterocycles. The largest absolute Gasteiger partial charge is 0.456 e. The van der Waals surface area contributed by atoms with E-state index in [0.717, 1.165) is 72.3 Å². The van der Waals surface area contributed by atoms with Crippen LogP contribution in [0.15, 0.2) is 205 Å². The predicted molar refractivity (Wildman–Crippen MR) is 234 cm³/mol. The molecular weight excluding hydrogens is 693 g/mol. The highest BCUT2D eigenvalue weighted by atomic mass is 16.3. The number of fused-ring (bicyclic) bond motifs is 6. The van der Waals surface area contributed by atoms with E-state index >= 15 is 0 Å². The van der Waals surface area contributed by atoms with Crippen molar-refractivity contribution in [2.45, 2.75) is 12.3 Å². The summed E-state index contributed by atoms with van der Waals surface area (Å²) in [5.74, 6) is 0.692. The van der Waals surface area contributed by atoms with Gasteiger partial charge in [0.1, 0.15) is 11.2 Å². The lowest BCUT2D eigenvalue weighted by Gasteiger charge is -2.28. The van der Waals surface area contributed by atoms with Crippen LogP contribution >= 0.6 is 0 Å². The van der Waals surface area contributed by atoms with Crippen LogP contribution < -0.4 is 0 Å². The number of hydrogen-bond donors (Lipinski definition) is 0. The maximum absolute atomic E-state index is 6.21. The Balaban J connectivity index is 1.04. The van der Waals surface area contributed by atoms with Crippen molar-refractivity contribution in [3.8, 4) is 67.3 Å². The Bertz CT molecular complexity index is 3130. The second kappa shape index (κ2) is 13.1. The number of rotatable bonds is 6. The topological polar surface area (TPSA) is 38.9 Å². The van der Waals surface area contributed by atoms with E-state index in [1.165, 1.54) is 27.8 Å². The van der Waals surface area contributed by atoms with Gasteiger partial charge in [-0.15, -0.1) is 0 Å². The summed E-state index contributed by atoms with van der Waals surface area (Å²) in [5.41, 5.74) is 17.4. The lowest BCUT2D eigenvalue weighted by atomic mass is 9.74. The molecule has 0 spiro atoms. The highest BCUT2D eigenvalue weighted by Crippen LogP contribution is 2.53. The molecule has 1 unspecified atom stereocenters. The molecule has 11 rings (SSSR count). The molecule has 0 saturated heterocycles. The van der Waals surface area contributed by atoms with Gasteiger partial charge in [0.15, 0.2) is 5.82 Å². The van der Waals surface area contributed by atoms with Gasteiger partial charge in [-0.1, -0.05) is 176 Å². The van der Waals surface area contributed by atoms with Crippen LogP contribution in [0.1, 0.15) is 23.6 Å². The number of nitrogens with zero attached hydrogens (tertiary/aromatic N) is 2. The molecule has 0 N–H and O–H groups in total. The summed E-state index contributed by atoms with van der Waals surface area (Å²) in [6, 6.07) is 71.1. The molecule has 57 heavy (non-hydrogen) atoms. The van der Waals surface area contributed by atoms with Crippen LogP contribution in [0.4, 0.5) is 0 Å². The van der Waals surface area contributed by atoms with E-state index in [2.05, 4.69) is 171 Å². The van der Waals surface area contributed by atoms with Crippen molar-refractivity contribution in [2.24, 2.45) is 0 Å². The monoisotopic (exact) mass is 728 g/mol. The van der Waals surface area contributed by atoms with E-state index in [-0.39, 0.29) is 5.41 Å². The van der Waals surface area contributed by atoms with Gasteiger partial charge in [-0.25, -0.2) is 9.97 Å². The fourth-order valence-electron chi connectivity index (χ4n) is 8.99. The smallest absolute Gasteiger partial charge is 0.160 e. The van der Waals surface area contributed by atoms with Gasteiger partial charge >= 0.3 is 0 Å². The molecule has 0 fully saturated rings. The number of hydrogen-bond acceptors (Lipinski definition) is 3. The van der Waals surface area contributed by atoms with Gasteiger partial charge in [0.05, 0.1) is 11.4 Å². The van der Waals surface area contributed by atoms with Crippen molar-refractivity contribution in [1.82, 2.24) is 9.97 Å². The molecule has 268 valence electrons. The molecule has 3 heteroatoms. The lowest BCUT2D eigenvalue weighted by molar-refractivity contribution is 0.669. The Morgan fingerprint density at radius 3 is 1.81 bits per heavy atom. The van der Waals surface area contributed by atoms with Gasteiger partial charge < -0.3 is 4.42 Å². The summed E-state index contributed by atoms with van der Waals surface area (Å²) >= 11 is 0. The molecule has 3 nitrogen and oxygen atoms in total. The van der Waals surface area contributed by atoms with E-state index in [1.807, 2.05) is 36.4 Å². The number of benzene rings is 8. The first kappa shape index (κ1) is 33.0. The number of aromatic nitrogens is 2. The zero-order chi connectivity index (χ0) is 37.9. The van der Waals surface area contributed by atoms with Crippen LogP contribution in [0, 0.1) is 0 Å². The fourth-order valence-corrected chi connectivity index (χ4v) is 8.99. The van der Waals surface area contributed by atoms with E-state index in [0.29, 0.717) is 5.82 Å². The summed E-state index contributed by atoms with van der Waals surface area (Å²) in [4.78, 5) is 10.5. The summed E-state index contributed by atoms with van der Waals surface area (Å²) in [6.45, 7) is 2.37. The standard InChI is InChI=1S/C54H36N2O/c1-54(39-17-6-3-7-18-39)46-24-12-10-20-42(46)43-32-31-38(33-47(43)54)40-19-8-9-21-44(40)49-34-48(55-53(56-49)37-15-4-2-5-16-37)36-29-27-35(28-30-36)41-23-14-26-51-52(41)45-22-11-13-25-50(45)57-51/h2-34H,1H3. The minimum Gasteiger partial charge on any atom is -0.456 e. The minimum absolute atomic E-state index is 0.289. The first-order valence-electron chi connectivity index (χ1n) is 19.5. The quantitative estimate of drug-likeness (QED) is 0.171. The van der Waals surface area contributed by atoms with Crippen LogP contribution in [-0.2, 0) is 5.41 Å². The fraction of sp³-hybridized carbons (Fsp3) is 0.0370. The molecule has 8 aromatic carbocycles. The Morgan fingerprint density at radius 2 is 0.982 bits per heavy atom. The van der Waals surface area contributed by atoms with E-state index in [1.54, 1.807) is 0 Å². The molecule has 10 aromatic rings. The molecule has 0 bridgehead atoms. The summed E-state index contributed by atoms with van der Waals surface area (Å²) in [5, 5.41) is 2.25. The predicted octanol–water partition coefficient (Wildman–Crippen LogP) is 14.0. The van der Waals surface area contributed by atoms with Crippen LogP contribution in [0.2, 0.25) is 0 Å². The third-order valence-electron chi connectivity index (χ3n) is 11.8. The molecular formula is C54H36N2O. The number of furan rings is 1. The normalized spacial score (nSPS) is 14.5. The average molecular weight is 729 g/mol. The summed E-state index contributed by atoms with van der Waals surface area (Å²) in [6.07, 6.45) is 0. The van der Waals surface area contributed by atoms with Crippen LogP contribution in [0.25, 0.3) is 89.2 Å². The minimum atomic E-state index is -0.289. The Labute approximate surface area is 331 Å². The van der Waals surface area contributed by atoms with Gasteiger partial charge in [0, 0.05) is 32.9 Å². The Kier molecular flexibility index (Phi) is 7.61. The first-order chi connectivity index (χ1) is 28.1. The molecule has 1 aliphatic carbocycles. The van der Waals surface area contributed by atoms with Gasteiger partial charge in [0.25, 0.3) is 0 Å². The van der Waals surface area contributed by atoms with Gasteiger partial charge in [-0.2, -0.15) is 0 Å². The lowest BCUT2D eigenvalue weighted by Crippen LogP contribution is -2.22. The zero-order valence-corrected chi connectivity index (χ0v) is 31.4. The molecule has 0 saturated carbocycles. The van der Waals surface area contributed by atoms with Crippen molar-refractivity contribution in [2.75, 3.05) is 0 Å². The summed E-state index contributed by atoms with van der Waals surface area (Å²) in [7, 11) is 0. The van der Waals surface area contributed by atoms with E-state index in [9.17, 15) is 0 Å². The van der Waals surface area contributed by atoms with Crippen LogP contribution in [-0.4, -0.2) is 9.97 Å². The maximum Gasteiger partial charge on any atom is 0.160 e. The zero-order valence-electron chi connectivity index (χ0n) is 31.4. The molecule has 1 atom stereocenters. The molecule has 2 aromatic heterocycles. The van der Waals surface area contributed by atoms with Crippen molar-refractivity contribution in [3.63, 3.8) is 0 Å². The van der Waals surface area contributed by atoms with Crippen molar-refractivity contribution in [3.05, 3.63) is 217 Å². The molecule has 0 radical (unpaired) electrons. The second-order valence-corrected chi connectivity index (χ2v) is 15.0. The highest BCUT2D eigenvalue weighted by Gasteiger charge is 2.40. The molecule has 0 aliphatic heterocycles. The van der Waals surface area contributed by atoms with Crippen molar-refractivity contribution in [1.29, 1.82) is 0 Å². The van der Waals surface area contributed by atoms with E-state index in [4.69, 9.17) is 14.4 Å². The number of para-hydroxylation sites is 1. The van der Waals surface area contributed by atoms with Crippen molar-refractivity contribution >= 4 is 21.9 Å².